The van der Waals surface area contributed by atoms with Crippen LogP contribution < -0.4 is 0 Å². The van der Waals surface area contributed by atoms with Gasteiger partial charge >= 0.3 is 0 Å². The number of likely N-dealkylation sites (tertiary alicyclic amines) is 1. The molecule has 1 fully saturated rings. The predicted molar refractivity (Wildman–Crippen MR) is 91.9 cm³/mol. The average Bonchev–Trinajstić information content (AvgIpc) is 3.06. The standard InChI is InChI=1S/C20H18N2O3/c1-13-5-4-6-14(9-13)11-21-12-15(10-18(21)23)22-19(24)16-7-2-3-8-17(16)20(22)25/h2-9,15H,10-12H2,1H3. The van der Waals surface area contributed by atoms with Crippen molar-refractivity contribution in [3.05, 3.63) is 70.8 Å². The van der Waals surface area contributed by atoms with Crippen molar-refractivity contribution in [2.75, 3.05) is 6.54 Å². The van der Waals surface area contributed by atoms with Gasteiger partial charge in [-0.15, -0.1) is 0 Å². The first-order valence-electron chi connectivity index (χ1n) is 8.35. The van der Waals surface area contributed by atoms with Crippen molar-refractivity contribution in [3.63, 3.8) is 0 Å². The Kier molecular flexibility index (Phi) is 3.64. The molecule has 5 nitrogen and oxygen atoms in total. The highest BCUT2D eigenvalue weighted by molar-refractivity contribution is 6.21. The Morgan fingerprint density at radius 3 is 2.28 bits per heavy atom. The number of benzene rings is 2. The highest BCUT2D eigenvalue weighted by Gasteiger charge is 2.44. The number of amides is 3. The van der Waals surface area contributed by atoms with Crippen molar-refractivity contribution >= 4 is 17.7 Å². The fourth-order valence-corrected chi connectivity index (χ4v) is 3.65. The molecule has 0 bridgehead atoms. The molecule has 126 valence electrons. The second-order valence-electron chi connectivity index (χ2n) is 6.65. The van der Waals surface area contributed by atoms with Crippen LogP contribution in [0, 0.1) is 6.92 Å². The predicted octanol–water partition coefficient (Wildman–Crippen LogP) is 2.39. The fourth-order valence-electron chi connectivity index (χ4n) is 3.65. The molecule has 2 aromatic carbocycles. The van der Waals surface area contributed by atoms with E-state index in [1.807, 2.05) is 31.2 Å². The van der Waals surface area contributed by atoms with Gasteiger partial charge in [0.2, 0.25) is 5.91 Å². The van der Waals surface area contributed by atoms with Gasteiger partial charge in [0.05, 0.1) is 17.2 Å². The Labute approximate surface area is 145 Å². The molecule has 5 heteroatoms. The van der Waals surface area contributed by atoms with E-state index in [1.54, 1.807) is 29.2 Å². The summed E-state index contributed by atoms with van der Waals surface area (Å²) in [5, 5.41) is 0. The molecule has 3 amide bonds. The minimum Gasteiger partial charge on any atom is -0.336 e. The summed E-state index contributed by atoms with van der Waals surface area (Å²) in [6.45, 7) is 2.90. The first-order chi connectivity index (χ1) is 12.0. The second-order valence-corrected chi connectivity index (χ2v) is 6.65. The van der Waals surface area contributed by atoms with Crippen molar-refractivity contribution in [2.45, 2.75) is 25.9 Å². The van der Waals surface area contributed by atoms with E-state index in [9.17, 15) is 14.4 Å². The van der Waals surface area contributed by atoms with Crippen molar-refractivity contribution in [1.82, 2.24) is 9.80 Å². The molecule has 2 aliphatic heterocycles. The van der Waals surface area contributed by atoms with Gasteiger partial charge in [-0.2, -0.15) is 0 Å². The zero-order chi connectivity index (χ0) is 17.6. The first kappa shape index (κ1) is 15.6. The largest absolute Gasteiger partial charge is 0.336 e. The summed E-state index contributed by atoms with van der Waals surface area (Å²) in [6, 6.07) is 14.4. The molecule has 0 aliphatic carbocycles. The molecule has 0 saturated carbocycles. The van der Waals surface area contributed by atoms with Crippen molar-refractivity contribution in [1.29, 1.82) is 0 Å². The lowest BCUT2D eigenvalue weighted by atomic mass is 10.1. The number of nitrogens with zero attached hydrogens (tertiary/aromatic N) is 2. The van der Waals surface area contributed by atoms with Crippen LogP contribution in [0.3, 0.4) is 0 Å². The van der Waals surface area contributed by atoms with E-state index < -0.39 is 6.04 Å². The maximum Gasteiger partial charge on any atom is 0.261 e. The molecule has 1 atom stereocenters. The lowest BCUT2D eigenvalue weighted by molar-refractivity contribution is -0.128. The maximum atomic E-state index is 12.6. The SMILES string of the molecule is Cc1cccc(CN2CC(N3C(=O)c4ccccc4C3=O)CC2=O)c1. The molecule has 4 rings (SSSR count). The Morgan fingerprint density at radius 2 is 1.64 bits per heavy atom. The third-order valence-electron chi connectivity index (χ3n) is 4.84. The van der Waals surface area contributed by atoms with Crippen molar-refractivity contribution in [2.24, 2.45) is 0 Å². The Hall–Kier alpha value is -2.95. The zero-order valence-corrected chi connectivity index (χ0v) is 13.9. The van der Waals surface area contributed by atoms with E-state index in [4.69, 9.17) is 0 Å². The van der Waals surface area contributed by atoms with Gasteiger partial charge in [-0.3, -0.25) is 19.3 Å². The van der Waals surface area contributed by atoms with Gasteiger partial charge in [0, 0.05) is 19.5 Å². The van der Waals surface area contributed by atoms with Crippen LogP contribution in [0.25, 0.3) is 0 Å². The summed E-state index contributed by atoms with van der Waals surface area (Å²) in [5.74, 6) is -0.616. The number of fused-ring (bicyclic) bond motifs is 1. The van der Waals surface area contributed by atoms with Gasteiger partial charge in [-0.25, -0.2) is 0 Å². The molecule has 1 saturated heterocycles. The molecule has 0 N–H and O–H groups in total. The highest BCUT2D eigenvalue weighted by Crippen LogP contribution is 2.29. The van der Waals surface area contributed by atoms with Crippen LogP contribution in [0.2, 0.25) is 0 Å². The van der Waals surface area contributed by atoms with E-state index >= 15 is 0 Å². The van der Waals surface area contributed by atoms with Crippen LogP contribution in [0.1, 0.15) is 38.3 Å². The topological polar surface area (TPSA) is 57.7 Å². The molecular formula is C20H18N2O3. The number of imide groups is 1. The number of carbonyl (C=O) groups excluding carboxylic acids is 3. The summed E-state index contributed by atoms with van der Waals surface area (Å²) in [4.78, 5) is 40.6. The van der Waals surface area contributed by atoms with E-state index in [0.717, 1.165) is 11.1 Å². The Balaban J connectivity index is 1.53. The normalized spacial score (nSPS) is 19.7. The third-order valence-corrected chi connectivity index (χ3v) is 4.84. The lowest BCUT2D eigenvalue weighted by Crippen LogP contribution is -2.41. The minimum atomic E-state index is -0.398. The number of carbonyl (C=O) groups is 3. The van der Waals surface area contributed by atoms with Gasteiger partial charge in [-0.05, 0) is 24.6 Å². The monoisotopic (exact) mass is 334 g/mol. The molecule has 2 aromatic rings. The van der Waals surface area contributed by atoms with Gasteiger partial charge in [-0.1, -0.05) is 42.0 Å². The fraction of sp³-hybridized carbons (Fsp3) is 0.250. The van der Waals surface area contributed by atoms with Gasteiger partial charge in [0.1, 0.15) is 0 Å². The van der Waals surface area contributed by atoms with E-state index in [1.165, 1.54) is 4.90 Å². The summed E-state index contributed by atoms with van der Waals surface area (Å²) < 4.78 is 0. The Bertz CT molecular complexity index is 855. The summed E-state index contributed by atoms with van der Waals surface area (Å²) in [7, 11) is 0. The average molecular weight is 334 g/mol. The van der Waals surface area contributed by atoms with Crippen molar-refractivity contribution in [3.8, 4) is 0 Å². The smallest absolute Gasteiger partial charge is 0.261 e. The third kappa shape index (κ3) is 2.61. The summed E-state index contributed by atoms with van der Waals surface area (Å²) in [5.41, 5.74) is 3.05. The Morgan fingerprint density at radius 1 is 0.960 bits per heavy atom. The van der Waals surface area contributed by atoms with E-state index in [-0.39, 0.29) is 24.1 Å². The maximum absolute atomic E-state index is 12.6. The van der Waals surface area contributed by atoms with Crippen molar-refractivity contribution < 1.29 is 14.4 Å². The highest BCUT2D eigenvalue weighted by atomic mass is 16.2. The second kappa shape index (κ2) is 5.84. The van der Waals surface area contributed by atoms with Gasteiger partial charge in [0.15, 0.2) is 0 Å². The van der Waals surface area contributed by atoms with Crippen LogP contribution in [-0.4, -0.2) is 40.1 Å². The number of aryl methyl sites for hydroxylation is 1. The number of rotatable bonds is 3. The number of hydrogen-bond acceptors (Lipinski definition) is 3. The molecule has 0 spiro atoms. The summed E-state index contributed by atoms with van der Waals surface area (Å²) >= 11 is 0. The number of hydrogen-bond donors (Lipinski definition) is 0. The van der Waals surface area contributed by atoms with E-state index in [2.05, 4.69) is 0 Å². The van der Waals surface area contributed by atoms with Crippen LogP contribution in [-0.2, 0) is 11.3 Å². The first-order valence-corrected chi connectivity index (χ1v) is 8.35. The zero-order valence-electron chi connectivity index (χ0n) is 13.9. The molecular weight excluding hydrogens is 316 g/mol. The summed E-state index contributed by atoms with van der Waals surface area (Å²) in [6.07, 6.45) is 0.192. The van der Waals surface area contributed by atoms with Crippen LogP contribution >= 0.6 is 0 Å². The molecule has 2 heterocycles. The van der Waals surface area contributed by atoms with Gasteiger partial charge < -0.3 is 4.90 Å². The van der Waals surface area contributed by atoms with E-state index in [0.29, 0.717) is 24.2 Å². The molecule has 0 aromatic heterocycles. The quantitative estimate of drug-likeness (QED) is 0.810. The van der Waals surface area contributed by atoms with Gasteiger partial charge in [0.25, 0.3) is 11.8 Å². The minimum absolute atomic E-state index is 0.0249. The molecule has 0 radical (unpaired) electrons. The van der Waals surface area contributed by atoms with Crippen LogP contribution in [0.4, 0.5) is 0 Å². The lowest BCUT2D eigenvalue weighted by Gasteiger charge is -2.22. The van der Waals surface area contributed by atoms with Crippen LogP contribution in [0.5, 0.6) is 0 Å². The van der Waals surface area contributed by atoms with Crippen LogP contribution in [0.15, 0.2) is 48.5 Å². The molecule has 2 aliphatic rings. The molecule has 25 heavy (non-hydrogen) atoms. The molecule has 1 unspecified atom stereocenters.